The van der Waals surface area contributed by atoms with Gasteiger partial charge in [0.05, 0.1) is 6.26 Å². The number of aromatic nitrogens is 1. The van der Waals surface area contributed by atoms with Crippen LogP contribution in [0.4, 0.5) is 0 Å². The number of hydrogen-bond donors (Lipinski definition) is 0. The summed E-state index contributed by atoms with van der Waals surface area (Å²) in [5.41, 5.74) is 3.60. The molecule has 0 saturated heterocycles. The van der Waals surface area contributed by atoms with Crippen molar-refractivity contribution in [3.8, 4) is 0 Å². The van der Waals surface area contributed by atoms with E-state index in [9.17, 15) is 9.59 Å². The summed E-state index contributed by atoms with van der Waals surface area (Å²) < 4.78 is 12.3. The number of Topliss-reactive ketones (excluding diaryl/α,β-unsaturated/α-hetero) is 1. The monoisotopic (exact) mass is 411 g/mol. The molecule has 0 aliphatic rings. The van der Waals surface area contributed by atoms with Gasteiger partial charge in [0, 0.05) is 34.6 Å². The number of nitrogens with zero attached hydrogens (tertiary/aromatic N) is 1. The zero-order chi connectivity index (χ0) is 20.8. The normalized spacial score (nSPS) is 11.1. The molecule has 0 amide bonds. The number of rotatable bonds is 8. The fourth-order valence-electron chi connectivity index (χ4n) is 3.12. The molecule has 1 aromatic carbocycles. The van der Waals surface area contributed by atoms with Crippen molar-refractivity contribution < 1.29 is 18.7 Å². The van der Waals surface area contributed by atoms with Gasteiger partial charge in [-0.1, -0.05) is 23.7 Å². The molecule has 0 unspecified atom stereocenters. The molecular formula is C23H22ClNO4. The molecule has 3 aromatic rings. The van der Waals surface area contributed by atoms with Crippen LogP contribution in [-0.4, -0.2) is 22.9 Å². The van der Waals surface area contributed by atoms with E-state index in [1.807, 2.05) is 44.2 Å². The van der Waals surface area contributed by atoms with Gasteiger partial charge < -0.3 is 13.7 Å². The van der Waals surface area contributed by atoms with E-state index in [4.69, 9.17) is 20.8 Å². The Morgan fingerprint density at radius 2 is 1.93 bits per heavy atom. The van der Waals surface area contributed by atoms with Crippen molar-refractivity contribution in [1.82, 2.24) is 4.57 Å². The lowest BCUT2D eigenvalue weighted by Crippen LogP contribution is -2.14. The molecular weight excluding hydrogens is 390 g/mol. The van der Waals surface area contributed by atoms with Gasteiger partial charge in [0.2, 0.25) is 5.78 Å². The lowest BCUT2D eigenvalue weighted by atomic mass is 10.1. The minimum atomic E-state index is -0.591. The van der Waals surface area contributed by atoms with Crippen molar-refractivity contribution in [2.75, 3.05) is 6.61 Å². The molecule has 0 N–H and O–H groups in total. The quantitative estimate of drug-likeness (QED) is 0.296. The largest absolute Gasteiger partial charge is 0.465 e. The number of esters is 1. The van der Waals surface area contributed by atoms with Gasteiger partial charge in [0.15, 0.2) is 6.61 Å². The van der Waals surface area contributed by atoms with E-state index in [0.29, 0.717) is 16.3 Å². The van der Waals surface area contributed by atoms with Crippen LogP contribution < -0.4 is 0 Å². The Kier molecular flexibility index (Phi) is 6.73. The Balaban J connectivity index is 1.58. The third-order valence-corrected chi connectivity index (χ3v) is 4.94. The van der Waals surface area contributed by atoms with Crippen molar-refractivity contribution in [3.63, 3.8) is 0 Å². The van der Waals surface area contributed by atoms with Crippen LogP contribution in [0.1, 0.15) is 33.1 Å². The highest BCUT2D eigenvalue weighted by Gasteiger charge is 2.17. The molecule has 0 saturated carbocycles. The summed E-state index contributed by atoms with van der Waals surface area (Å²) in [5, 5.41) is 0.712. The van der Waals surface area contributed by atoms with Crippen molar-refractivity contribution in [2.24, 2.45) is 0 Å². The molecule has 0 aliphatic heterocycles. The molecule has 150 valence electrons. The third-order valence-electron chi connectivity index (χ3n) is 4.68. The van der Waals surface area contributed by atoms with Crippen LogP contribution in [0.5, 0.6) is 0 Å². The number of hydrogen-bond acceptors (Lipinski definition) is 4. The molecule has 2 aromatic heterocycles. The highest BCUT2D eigenvalue weighted by molar-refractivity contribution is 6.30. The average molecular weight is 412 g/mol. The second-order valence-corrected chi connectivity index (χ2v) is 7.13. The zero-order valence-electron chi connectivity index (χ0n) is 16.4. The molecule has 0 spiro atoms. The number of halogens is 1. The lowest BCUT2D eigenvalue weighted by Gasteiger charge is -2.10. The molecule has 0 atom stereocenters. The van der Waals surface area contributed by atoms with E-state index in [-0.39, 0.29) is 12.4 Å². The van der Waals surface area contributed by atoms with Crippen LogP contribution >= 0.6 is 11.6 Å². The molecule has 0 bridgehead atoms. The van der Waals surface area contributed by atoms with E-state index in [2.05, 4.69) is 4.57 Å². The summed E-state index contributed by atoms with van der Waals surface area (Å²) in [6, 6.07) is 13.0. The zero-order valence-corrected chi connectivity index (χ0v) is 17.1. The molecule has 0 aliphatic carbocycles. The molecule has 2 heterocycles. The van der Waals surface area contributed by atoms with Gasteiger partial charge in [-0.25, -0.2) is 4.79 Å². The molecule has 3 rings (SSSR count). The van der Waals surface area contributed by atoms with Crippen molar-refractivity contribution in [1.29, 1.82) is 0 Å². The predicted molar refractivity (Wildman–Crippen MR) is 112 cm³/mol. The molecule has 6 heteroatoms. The van der Waals surface area contributed by atoms with Crippen molar-refractivity contribution in [3.05, 3.63) is 88.1 Å². The average Bonchev–Trinajstić information content (AvgIpc) is 3.32. The van der Waals surface area contributed by atoms with Crippen molar-refractivity contribution >= 4 is 29.4 Å². The molecule has 0 fully saturated rings. The molecule has 5 nitrogen and oxygen atoms in total. The fraction of sp³-hybridized carbons (Fsp3) is 0.217. The number of benzene rings is 1. The number of aryl methyl sites for hydroxylation is 2. The van der Waals surface area contributed by atoms with Crippen LogP contribution in [0.25, 0.3) is 6.08 Å². The van der Waals surface area contributed by atoms with E-state index >= 15 is 0 Å². The minimum Gasteiger partial charge on any atom is -0.465 e. The van der Waals surface area contributed by atoms with Crippen molar-refractivity contribution in [2.45, 2.75) is 26.8 Å². The Morgan fingerprint density at radius 1 is 1.17 bits per heavy atom. The molecule has 0 radical (unpaired) electrons. The highest BCUT2D eigenvalue weighted by Crippen LogP contribution is 2.18. The number of carbonyl (C=O) groups excluding carboxylic acids is 2. The second-order valence-electron chi connectivity index (χ2n) is 6.69. The smallest absolute Gasteiger partial charge is 0.331 e. The molecule has 29 heavy (non-hydrogen) atoms. The summed E-state index contributed by atoms with van der Waals surface area (Å²) in [7, 11) is 0. The summed E-state index contributed by atoms with van der Waals surface area (Å²) in [6.45, 7) is 4.31. The van der Waals surface area contributed by atoms with E-state index in [0.717, 1.165) is 24.4 Å². The van der Waals surface area contributed by atoms with Crippen LogP contribution in [0.15, 0.2) is 59.2 Å². The topological polar surface area (TPSA) is 61.4 Å². The van der Waals surface area contributed by atoms with Gasteiger partial charge in [0.25, 0.3) is 0 Å². The number of ether oxygens (including phenoxy) is 1. The summed E-state index contributed by atoms with van der Waals surface area (Å²) in [5.74, 6) is -0.278. The maximum Gasteiger partial charge on any atom is 0.331 e. The first-order valence-electron chi connectivity index (χ1n) is 9.27. The summed E-state index contributed by atoms with van der Waals surface area (Å²) >= 11 is 5.93. The SMILES string of the molecule is Cc1cc(C(=O)COC(=O)/C=C/c2ccco2)c(C)n1CCc1ccc(Cl)cc1. The first kappa shape index (κ1) is 20.7. The maximum atomic E-state index is 12.5. The Hall–Kier alpha value is -3.05. The first-order valence-corrected chi connectivity index (χ1v) is 9.64. The standard InChI is InChI=1S/C23H22ClNO4/c1-16-14-21(17(2)25(16)12-11-18-5-7-19(24)8-6-18)22(26)15-29-23(27)10-9-20-4-3-13-28-20/h3-10,13-14H,11-12,15H2,1-2H3/b10-9+. The van der Waals surface area contributed by atoms with E-state index in [1.54, 1.807) is 12.1 Å². The lowest BCUT2D eigenvalue weighted by molar-refractivity contribution is -0.136. The minimum absolute atomic E-state index is 0.226. The van der Waals surface area contributed by atoms with Gasteiger partial charge in [-0.3, -0.25) is 4.79 Å². The third kappa shape index (κ3) is 5.48. The van der Waals surface area contributed by atoms with Crippen LogP contribution in [0.3, 0.4) is 0 Å². The van der Waals surface area contributed by atoms with Gasteiger partial charge >= 0.3 is 5.97 Å². The van der Waals surface area contributed by atoms with E-state index in [1.165, 1.54) is 24.0 Å². The Labute approximate surface area is 174 Å². The van der Waals surface area contributed by atoms with Gasteiger partial charge in [-0.2, -0.15) is 0 Å². The summed E-state index contributed by atoms with van der Waals surface area (Å²) in [4.78, 5) is 24.3. The van der Waals surface area contributed by atoms with Gasteiger partial charge in [-0.15, -0.1) is 0 Å². The highest BCUT2D eigenvalue weighted by atomic mass is 35.5. The summed E-state index contributed by atoms with van der Waals surface area (Å²) in [6.07, 6.45) is 5.07. The van der Waals surface area contributed by atoms with Crippen LogP contribution in [-0.2, 0) is 22.5 Å². The number of ketones is 1. The van der Waals surface area contributed by atoms with Gasteiger partial charge in [-0.05, 0) is 62.2 Å². The Bertz CT molecular complexity index is 1010. The van der Waals surface area contributed by atoms with E-state index < -0.39 is 5.97 Å². The first-order chi connectivity index (χ1) is 13.9. The number of carbonyl (C=O) groups is 2. The van der Waals surface area contributed by atoms with Crippen LogP contribution in [0, 0.1) is 13.8 Å². The number of furan rings is 1. The van der Waals surface area contributed by atoms with Crippen LogP contribution in [0.2, 0.25) is 5.02 Å². The fourth-order valence-corrected chi connectivity index (χ4v) is 3.24. The van der Waals surface area contributed by atoms with Gasteiger partial charge in [0.1, 0.15) is 5.76 Å². The Morgan fingerprint density at radius 3 is 2.62 bits per heavy atom. The predicted octanol–water partition coefficient (Wildman–Crippen LogP) is 5.03. The maximum absolute atomic E-state index is 12.5. The second kappa shape index (κ2) is 9.43.